The highest BCUT2D eigenvalue weighted by atomic mass is 35.5. The van der Waals surface area contributed by atoms with Crippen molar-refractivity contribution < 1.29 is 9.53 Å². The van der Waals surface area contributed by atoms with Crippen LogP contribution >= 0.6 is 23.2 Å². The molecule has 0 saturated carbocycles. The summed E-state index contributed by atoms with van der Waals surface area (Å²) in [4.78, 5) is 12.3. The molecule has 3 rings (SSSR count). The molecule has 0 bridgehead atoms. The number of anilines is 1. The van der Waals surface area contributed by atoms with Gasteiger partial charge in [-0.3, -0.25) is 9.48 Å². The topological polar surface area (TPSA) is 56.1 Å². The molecule has 0 aliphatic heterocycles. The van der Waals surface area contributed by atoms with Crippen molar-refractivity contribution in [2.75, 3.05) is 12.4 Å². The number of carbonyl (C=O) groups excluding carboxylic acids is 1. The van der Waals surface area contributed by atoms with Crippen LogP contribution in [0.15, 0.2) is 54.7 Å². The summed E-state index contributed by atoms with van der Waals surface area (Å²) < 4.78 is 6.74. The molecule has 1 heterocycles. The molecule has 0 aliphatic rings. The average molecular weight is 376 g/mol. The molecule has 3 aromatic rings. The van der Waals surface area contributed by atoms with E-state index in [1.807, 2.05) is 24.3 Å². The van der Waals surface area contributed by atoms with Gasteiger partial charge in [0, 0.05) is 16.8 Å². The van der Waals surface area contributed by atoms with Gasteiger partial charge in [0.15, 0.2) is 5.82 Å². The Hall–Kier alpha value is -2.50. The largest absolute Gasteiger partial charge is 0.497 e. The van der Waals surface area contributed by atoms with E-state index in [1.165, 1.54) is 0 Å². The number of nitrogens with zero attached hydrogens (tertiary/aromatic N) is 2. The Labute approximate surface area is 155 Å². The maximum absolute atomic E-state index is 12.3. The lowest BCUT2D eigenvalue weighted by molar-refractivity contribution is 0.102. The van der Waals surface area contributed by atoms with Crippen LogP contribution in [0.3, 0.4) is 0 Å². The van der Waals surface area contributed by atoms with Crippen LogP contribution in [0.1, 0.15) is 15.9 Å². The van der Waals surface area contributed by atoms with Gasteiger partial charge in [0.1, 0.15) is 10.8 Å². The average Bonchev–Trinajstić information content (AvgIpc) is 2.96. The third-order valence-corrected chi connectivity index (χ3v) is 4.09. The molecule has 5 nitrogen and oxygen atoms in total. The summed E-state index contributed by atoms with van der Waals surface area (Å²) in [6, 6.07) is 14.2. The lowest BCUT2D eigenvalue weighted by Gasteiger charge is -2.04. The van der Waals surface area contributed by atoms with E-state index < -0.39 is 0 Å². The van der Waals surface area contributed by atoms with Crippen molar-refractivity contribution in [3.63, 3.8) is 0 Å². The Bertz CT molecular complexity index is 874. The number of amides is 1. The van der Waals surface area contributed by atoms with Crippen molar-refractivity contribution in [2.24, 2.45) is 0 Å². The summed E-state index contributed by atoms with van der Waals surface area (Å²) in [5.74, 6) is 0.708. The number of rotatable bonds is 5. The van der Waals surface area contributed by atoms with Crippen LogP contribution in [0.25, 0.3) is 0 Å². The molecule has 128 valence electrons. The van der Waals surface area contributed by atoms with Gasteiger partial charge in [0.05, 0.1) is 13.7 Å². The number of hydrogen-bond acceptors (Lipinski definition) is 3. The smallest absolute Gasteiger partial charge is 0.256 e. The first-order chi connectivity index (χ1) is 12.0. The van der Waals surface area contributed by atoms with Crippen molar-refractivity contribution in [3.05, 3.63) is 75.9 Å². The molecule has 1 N–H and O–H groups in total. The number of aromatic nitrogens is 2. The van der Waals surface area contributed by atoms with Gasteiger partial charge in [0.2, 0.25) is 0 Å². The number of hydrogen-bond donors (Lipinski definition) is 1. The minimum Gasteiger partial charge on any atom is -0.497 e. The highest BCUT2D eigenvalue weighted by Crippen LogP contribution is 2.21. The van der Waals surface area contributed by atoms with Crippen molar-refractivity contribution >= 4 is 34.9 Å². The maximum Gasteiger partial charge on any atom is 0.256 e. The van der Waals surface area contributed by atoms with Crippen LogP contribution in [0.5, 0.6) is 5.75 Å². The molecule has 0 spiro atoms. The SMILES string of the molecule is COc1ccc(C(=O)Nc2nn(Cc3ccc(Cl)cc3)cc2Cl)cc1. The fourth-order valence-corrected chi connectivity index (χ4v) is 2.59. The van der Waals surface area contributed by atoms with Crippen LogP contribution in [0, 0.1) is 0 Å². The minimum absolute atomic E-state index is 0.290. The number of benzene rings is 2. The summed E-state index contributed by atoms with van der Waals surface area (Å²) in [7, 11) is 1.57. The maximum atomic E-state index is 12.3. The van der Waals surface area contributed by atoms with E-state index in [0.717, 1.165) is 5.56 Å². The Balaban J connectivity index is 1.71. The molecule has 2 aromatic carbocycles. The van der Waals surface area contributed by atoms with Crippen LogP contribution in [0.4, 0.5) is 5.82 Å². The Kier molecular flexibility index (Phi) is 5.26. The number of methoxy groups -OCH3 is 1. The van der Waals surface area contributed by atoms with E-state index >= 15 is 0 Å². The molecule has 0 atom stereocenters. The number of carbonyl (C=O) groups is 1. The second-order valence-corrected chi connectivity index (χ2v) is 6.18. The van der Waals surface area contributed by atoms with E-state index in [-0.39, 0.29) is 5.91 Å². The molecule has 1 aromatic heterocycles. The predicted octanol–water partition coefficient (Wildman–Crippen LogP) is 4.50. The Morgan fingerprint density at radius 3 is 2.44 bits per heavy atom. The molecule has 0 saturated heterocycles. The third-order valence-electron chi connectivity index (χ3n) is 3.56. The van der Waals surface area contributed by atoms with E-state index in [4.69, 9.17) is 27.9 Å². The Morgan fingerprint density at radius 2 is 1.80 bits per heavy atom. The molecule has 0 unspecified atom stereocenters. The summed E-state index contributed by atoms with van der Waals surface area (Å²) in [6.45, 7) is 0.523. The van der Waals surface area contributed by atoms with Crippen LogP contribution in [-0.2, 0) is 6.54 Å². The molecule has 0 radical (unpaired) electrons. The summed E-state index contributed by atoms with van der Waals surface area (Å²) in [5, 5.41) is 8.08. The van der Waals surface area contributed by atoms with Crippen LogP contribution in [-0.4, -0.2) is 22.8 Å². The molecule has 1 amide bonds. The number of nitrogens with one attached hydrogen (secondary N) is 1. The Morgan fingerprint density at radius 1 is 1.12 bits per heavy atom. The molecule has 7 heteroatoms. The van der Waals surface area contributed by atoms with E-state index in [9.17, 15) is 4.79 Å². The standard InChI is InChI=1S/C18H15Cl2N3O2/c1-25-15-8-4-13(5-9-15)18(24)21-17-16(20)11-23(22-17)10-12-2-6-14(19)7-3-12/h2-9,11H,10H2,1H3,(H,21,22,24). The summed E-state index contributed by atoms with van der Waals surface area (Å²) in [5.41, 5.74) is 1.51. The van der Waals surface area contributed by atoms with Crippen LogP contribution < -0.4 is 10.1 Å². The fraction of sp³-hybridized carbons (Fsp3) is 0.111. The first kappa shape index (κ1) is 17.3. The lowest BCUT2D eigenvalue weighted by Crippen LogP contribution is -2.13. The first-order valence-electron chi connectivity index (χ1n) is 7.48. The van der Waals surface area contributed by atoms with Crippen molar-refractivity contribution in [3.8, 4) is 5.75 Å². The van der Waals surface area contributed by atoms with Gasteiger partial charge in [0.25, 0.3) is 5.91 Å². The first-order valence-corrected chi connectivity index (χ1v) is 8.23. The van der Waals surface area contributed by atoms with Crippen molar-refractivity contribution in [1.82, 2.24) is 9.78 Å². The zero-order chi connectivity index (χ0) is 17.8. The second-order valence-electron chi connectivity index (χ2n) is 5.33. The van der Waals surface area contributed by atoms with Gasteiger partial charge in [-0.25, -0.2) is 0 Å². The van der Waals surface area contributed by atoms with E-state index in [0.29, 0.717) is 33.7 Å². The molecule has 0 fully saturated rings. The van der Waals surface area contributed by atoms with E-state index in [2.05, 4.69) is 10.4 Å². The number of halogens is 2. The molecule has 0 aliphatic carbocycles. The zero-order valence-corrected chi connectivity index (χ0v) is 14.9. The third kappa shape index (κ3) is 4.32. The van der Waals surface area contributed by atoms with Gasteiger partial charge in [-0.2, -0.15) is 5.10 Å². The lowest BCUT2D eigenvalue weighted by atomic mass is 10.2. The fourth-order valence-electron chi connectivity index (χ4n) is 2.26. The number of ether oxygens (including phenoxy) is 1. The summed E-state index contributed by atoms with van der Waals surface area (Å²) in [6.07, 6.45) is 1.67. The normalized spacial score (nSPS) is 10.5. The van der Waals surface area contributed by atoms with Gasteiger partial charge in [-0.05, 0) is 42.0 Å². The predicted molar refractivity (Wildman–Crippen MR) is 98.7 cm³/mol. The zero-order valence-electron chi connectivity index (χ0n) is 13.4. The van der Waals surface area contributed by atoms with Gasteiger partial charge in [-0.1, -0.05) is 35.3 Å². The molecular weight excluding hydrogens is 361 g/mol. The quantitative estimate of drug-likeness (QED) is 0.714. The van der Waals surface area contributed by atoms with Gasteiger partial charge < -0.3 is 10.1 Å². The van der Waals surface area contributed by atoms with Crippen LogP contribution in [0.2, 0.25) is 10.0 Å². The highest BCUT2D eigenvalue weighted by molar-refractivity contribution is 6.33. The van der Waals surface area contributed by atoms with E-state index in [1.54, 1.807) is 42.3 Å². The monoisotopic (exact) mass is 375 g/mol. The van der Waals surface area contributed by atoms with Crippen molar-refractivity contribution in [1.29, 1.82) is 0 Å². The minimum atomic E-state index is -0.290. The molecule has 25 heavy (non-hydrogen) atoms. The second kappa shape index (κ2) is 7.59. The highest BCUT2D eigenvalue weighted by Gasteiger charge is 2.12. The van der Waals surface area contributed by atoms with Crippen molar-refractivity contribution in [2.45, 2.75) is 6.54 Å². The van der Waals surface area contributed by atoms with Gasteiger partial charge >= 0.3 is 0 Å². The van der Waals surface area contributed by atoms with Gasteiger partial charge in [-0.15, -0.1) is 0 Å². The molecular formula is C18H15Cl2N3O2. The summed E-state index contributed by atoms with van der Waals surface area (Å²) >= 11 is 12.1.